The highest BCUT2D eigenvalue weighted by atomic mass is 32.2. The van der Waals surface area contributed by atoms with E-state index in [4.69, 9.17) is 11.2 Å². The van der Waals surface area contributed by atoms with Gasteiger partial charge in [0.25, 0.3) is 5.56 Å². The fourth-order valence-corrected chi connectivity index (χ4v) is 4.35. The highest BCUT2D eigenvalue weighted by Crippen LogP contribution is 2.36. The Bertz CT molecular complexity index is 1240. The van der Waals surface area contributed by atoms with Crippen LogP contribution in [0.4, 0.5) is 5.82 Å². The van der Waals surface area contributed by atoms with Crippen LogP contribution in [0, 0.1) is 19.3 Å². The van der Waals surface area contributed by atoms with Gasteiger partial charge in [-0.05, 0) is 30.2 Å². The number of amides is 1. The quantitative estimate of drug-likeness (QED) is 0.354. The minimum absolute atomic E-state index is 0.142. The Morgan fingerprint density at radius 2 is 1.91 bits per heavy atom. The maximum atomic E-state index is 12.9. The van der Waals surface area contributed by atoms with E-state index in [1.54, 1.807) is 11.6 Å². The molecule has 1 amide bonds. The summed E-state index contributed by atoms with van der Waals surface area (Å²) in [4.78, 5) is 29.5. The van der Waals surface area contributed by atoms with Crippen LogP contribution < -0.4 is 15.6 Å². The van der Waals surface area contributed by atoms with Gasteiger partial charge in [-0.25, -0.2) is 0 Å². The molecule has 1 unspecified atom stereocenters. The molecule has 162 valence electrons. The first-order chi connectivity index (χ1) is 15.5. The lowest BCUT2D eigenvalue weighted by Crippen LogP contribution is -2.33. The lowest BCUT2D eigenvalue weighted by atomic mass is 9.87. The summed E-state index contributed by atoms with van der Waals surface area (Å²) >= 11 is 1.29. The van der Waals surface area contributed by atoms with E-state index in [0.29, 0.717) is 28.9 Å². The molecule has 0 radical (unpaired) electrons. The predicted molar refractivity (Wildman–Crippen MR) is 126 cm³/mol. The first kappa shape index (κ1) is 21.7. The third-order valence-corrected chi connectivity index (χ3v) is 6.33. The van der Waals surface area contributed by atoms with Crippen LogP contribution >= 0.6 is 11.8 Å². The number of fused-ring (bicyclic) bond motifs is 1. The Morgan fingerprint density at radius 3 is 2.59 bits per heavy atom. The van der Waals surface area contributed by atoms with E-state index in [2.05, 4.69) is 28.4 Å². The van der Waals surface area contributed by atoms with Gasteiger partial charge in [-0.1, -0.05) is 59.6 Å². The van der Waals surface area contributed by atoms with Crippen LogP contribution in [-0.4, -0.2) is 21.2 Å². The van der Waals surface area contributed by atoms with Crippen molar-refractivity contribution in [1.82, 2.24) is 9.55 Å². The van der Waals surface area contributed by atoms with Crippen LogP contribution in [0.5, 0.6) is 5.75 Å². The molecule has 0 bridgehead atoms. The van der Waals surface area contributed by atoms with Crippen LogP contribution in [0.1, 0.15) is 34.6 Å². The van der Waals surface area contributed by atoms with Crippen LogP contribution in [0.2, 0.25) is 0 Å². The molecule has 0 spiro atoms. The molecular formula is C25H23N3O3S. The summed E-state index contributed by atoms with van der Waals surface area (Å²) in [6.07, 6.45) is 5.51. The number of aromatic nitrogens is 2. The summed E-state index contributed by atoms with van der Waals surface area (Å²) in [5.74, 6) is 3.60. The summed E-state index contributed by atoms with van der Waals surface area (Å²) in [7, 11) is 1.77. The number of hydrogen-bond donors (Lipinski definition) is 1. The summed E-state index contributed by atoms with van der Waals surface area (Å²) in [6, 6.07) is 15.7. The number of carbonyl (C=O) groups excluding carboxylic acids is 1. The van der Waals surface area contributed by atoms with Crippen LogP contribution in [0.25, 0.3) is 0 Å². The number of terminal acetylenes is 1. The van der Waals surface area contributed by atoms with Gasteiger partial charge in [0, 0.05) is 19.4 Å². The van der Waals surface area contributed by atoms with E-state index in [9.17, 15) is 9.59 Å². The molecular weight excluding hydrogens is 422 g/mol. The van der Waals surface area contributed by atoms with E-state index >= 15 is 0 Å². The molecule has 1 N–H and O–H groups in total. The lowest BCUT2D eigenvalue weighted by Gasteiger charge is -2.27. The van der Waals surface area contributed by atoms with E-state index in [1.807, 2.05) is 43.3 Å². The molecule has 0 saturated carbocycles. The fraction of sp³-hybridized carbons (Fsp3) is 0.240. The second-order valence-electron chi connectivity index (χ2n) is 7.66. The predicted octanol–water partition coefficient (Wildman–Crippen LogP) is 3.87. The van der Waals surface area contributed by atoms with Gasteiger partial charge in [0.05, 0.1) is 11.3 Å². The van der Waals surface area contributed by atoms with Crippen LogP contribution in [0.3, 0.4) is 0 Å². The molecule has 32 heavy (non-hydrogen) atoms. The Labute approximate surface area is 191 Å². The van der Waals surface area contributed by atoms with Gasteiger partial charge < -0.3 is 14.6 Å². The third kappa shape index (κ3) is 4.56. The number of ether oxygens (including phenoxy) is 1. The number of rotatable bonds is 6. The van der Waals surface area contributed by atoms with Gasteiger partial charge in [0.1, 0.15) is 18.2 Å². The second kappa shape index (κ2) is 9.33. The molecule has 3 aromatic rings. The van der Waals surface area contributed by atoms with Crippen LogP contribution in [0.15, 0.2) is 58.5 Å². The van der Waals surface area contributed by atoms with Gasteiger partial charge in [0.2, 0.25) is 5.91 Å². The first-order valence-electron chi connectivity index (χ1n) is 10.2. The molecule has 1 aromatic heterocycles. The normalized spacial score (nSPS) is 14.9. The number of anilines is 1. The summed E-state index contributed by atoms with van der Waals surface area (Å²) in [5, 5.41) is 3.31. The van der Waals surface area contributed by atoms with E-state index in [-0.39, 0.29) is 23.8 Å². The zero-order valence-electron chi connectivity index (χ0n) is 17.9. The van der Waals surface area contributed by atoms with Crippen molar-refractivity contribution in [2.45, 2.75) is 31.0 Å². The maximum Gasteiger partial charge on any atom is 0.279 e. The first-order valence-corrected chi connectivity index (χ1v) is 11.2. The average molecular weight is 446 g/mol. The van der Waals surface area contributed by atoms with Crippen molar-refractivity contribution < 1.29 is 9.53 Å². The van der Waals surface area contributed by atoms with Gasteiger partial charge in [-0.2, -0.15) is 4.98 Å². The van der Waals surface area contributed by atoms with Crippen molar-refractivity contribution in [3.05, 3.63) is 81.1 Å². The Morgan fingerprint density at radius 1 is 1.19 bits per heavy atom. The van der Waals surface area contributed by atoms with Gasteiger partial charge in [-0.15, -0.1) is 6.42 Å². The Hall–Kier alpha value is -3.50. The molecule has 2 aromatic carbocycles. The molecule has 7 heteroatoms. The lowest BCUT2D eigenvalue weighted by molar-refractivity contribution is -0.116. The monoisotopic (exact) mass is 445 g/mol. The number of nitrogens with zero attached hydrogens (tertiary/aromatic N) is 2. The van der Waals surface area contributed by atoms with Crippen molar-refractivity contribution >= 4 is 23.5 Å². The third-order valence-electron chi connectivity index (χ3n) is 5.39. The molecule has 2 heterocycles. The van der Waals surface area contributed by atoms with Gasteiger partial charge >= 0.3 is 0 Å². The summed E-state index contributed by atoms with van der Waals surface area (Å²) in [6.45, 7) is 2.52. The smallest absolute Gasteiger partial charge is 0.279 e. The minimum Gasteiger partial charge on any atom is -0.489 e. The fourth-order valence-electron chi connectivity index (χ4n) is 3.70. The molecule has 6 nitrogen and oxygen atoms in total. The van der Waals surface area contributed by atoms with Crippen molar-refractivity contribution in [1.29, 1.82) is 0 Å². The number of hydrogen-bond acceptors (Lipinski definition) is 5. The van der Waals surface area contributed by atoms with Gasteiger partial charge in [0.15, 0.2) is 5.16 Å². The van der Waals surface area contributed by atoms with Crippen molar-refractivity contribution in [3.8, 4) is 18.1 Å². The van der Waals surface area contributed by atoms with Crippen molar-refractivity contribution in [2.24, 2.45) is 7.05 Å². The molecule has 0 aliphatic carbocycles. The number of thioether (sulfide) groups is 1. The summed E-state index contributed by atoms with van der Waals surface area (Å²) < 4.78 is 7.61. The van der Waals surface area contributed by atoms with E-state index in [0.717, 1.165) is 16.9 Å². The van der Waals surface area contributed by atoms with E-state index < -0.39 is 0 Å². The number of aryl methyl sites for hydroxylation is 1. The molecule has 0 fully saturated rings. The number of nitrogens with one attached hydrogen (secondary N) is 1. The zero-order chi connectivity index (χ0) is 22.7. The number of benzene rings is 2. The largest absolute Gasteiger partial charge is 0.489 e. The molecule has 1 aliphatic heterocycles. The molecule has 1 atom stereocenters. The van der Waals surface area contributed by atoms with Crippen molar-refractivity contribution in [3.63, 3.8) is 0 Å². The summed E-state index contributed by atoms with van der Waals surface area (Å²) in [5.41, 5.74) is 3.31. The standard InChI is InChI=1S/C25H23N3O3S/c1-4-13-32-25-27-24(30)22-20(14-21(29)26-23(22)28(25)3)18-9-11-19(12-10-18)31-15-17-7-5-16(2)6-8-17/h1,5-12,20H,13-15H2,2-3H3,(H,26,29). The molecule has 0 saturated heterocycles. The minimum atomic E-state index is -0.372. The second-order valence-corrected chi connectivity index (χ2v) is 8.60. The Balaban J connectivity index is 1.58. The SMILES string of the molecule is C#CCSc1nc(=O)c2c(n1C)NC(=O)CC2c1ccc(OCc2ccc(C)cc2)cc1. The maximum absolute atomic E-state index is 12.9. The molecule has 4 rings (SSSR count). The molecule has 1 aliphatic rings. The highest BCUT2D eigenvalue weighted by Gasteiger charge is 2.32. The van der Waals surface area contributed by atoms with Gasteiger partial charge in [-0.3, -0.25) is 9.59 Å². The Kier molecular flexibility index (Phi) is 6.33. The van der Waals surface area contributed by atoms with Crippen molar-refractivity contribution in [2.75, 3.05) is 11.1 Å². The highest BCUT2D eigenvalue weighted by molar-refractivity contribution is 7.99. The van der Waals surface area contributed by atoms with E-state index in [1.165, 1.54) is 17.3 Å². The average Bonchev–Trinajstić information content (AvgIpc) is 2.80. The number of carbonyl (C=O) groups is 1. The topological polar surface area (TPSA) is 73.2 Å². The van der Waals surface area contributed by atoms with Crippen LogP contribution in [-0.2, 0) is 18.4 Å². The zero-order valence-corrected chi connectivity index (χ0v) is 18.7.